The number of anilines is 1. The smallest absolute Gasteiger partial charge is 0.255 e. The lowest BCUT2D eigenvalue weighted by molar-refractivity contribution is 0.102. The first-order valence-electron chi connectivity index (χ1n) is 10.6. The normalized spacial score (nSPS) is 10.7. The van der Waals surface area contributed by atoms with Crippen molar-refractivity contribution in [3.63, 3.8) is 0 Å². The van der Waals surface area contributed by atoms with Crippen molar-refractivity contribution in [2.24, 2.45) is 0 Å². The summed E-state index contributed by atoms with van der Waals surface area (Å²) < 4.78 is 5.80. The van der Waals surface area contributed by atoms with E-state index in [1.54, 1.807) is 30.5 Å². The monoisotopic (exact) mass is 431 g/mol. The third kappa shape index (κ3) is 4.88. The molecule has 0 saturated heterocycles. The molecule has 5 nitrogen and oxygen atoms in total. The molecular weight excluding hydrogens is 410 g/mol. The zero-order chi connectivity index (χ0) is 22.5. The maximum Gasteiger partial charge on any atom is 0.255 e. The number of amides is 1. The van der Waals surface area contributed by atoms with Crippen LogP contribution in [0.5, 0.6) is 5.75 Å². The molecule has 0 aliphatic rings. The zero-order valence-corrected chi connectivity index (χ0v) is 17.8. The van der Waals surface area contributed by atoms with Gasteiger partial charge in [-0.3, -0.25) is 9.78 Å². The summed E-state index contributed by atoms with van der Waals surface area (Å²) >= 11 is 0. The molecule has 0 radical (unpaired) electrons. The Morgan fingerprint density at radius 3 is 2.36 bits per heavy atom. The summed E-state index contributed by atoms with van der Waals surface area (Å²) in [5.41, 5.74) is 5.66. The van der Waals surface area contributed by atoms with Gasteiger partial charge in [0.1, 0.15) is 12.4 Å². The van der Waals surface area contributed by atoms with E-state index in [2.05, 4.69) is 15.3 Å². The van der Waals surface area contributed by atoms with Crippen molar-refractivity contribution in [3.8, 4) is 17.0 Å². The van der Waals surface area contributed by atoms with E-state index < -0.39 is 0 Å². The van der Waals surface area contributed by atoms with Gasteiger partial charge in [-0.15, -0.1) is 0 Å². The van der Waals surface area contributed by atoms with E-state index in [1.165, 1.54) is 0 Å². The highest BCUT2D eigenvalue weighted by atomic mass is 16.5. The Hall–Kier alpha value is -4.51. The maximum absolute atomic E-state index is 12.7. The van der Waals surface area contributed by atoms with Crippen LogP contribution < -0.4 is 10.1 Å². The van der Waals surface area contributed by atoms with E-state index in [0.717, 1.165) is 27.9 Å². The van der Waals surface area contributed by atoms with Crippen LogP contribution in [0.3, 0.4) is 0 Å². The highest BCUT2D eigenvalue weighted by Gasteiger charge is 2.09. The van der Waals surface area contributed by atoms with Gasteiger partial charge in [0.05, 0.1) is 22.9 Å². The fourth-order valence-corrected chi connectivity index (χ4v) is 3.50. The molecule has 0 aliphatic heterocycles. The quantitative estimate of drug-likeness (QED) is 0.351. The van der Waals surface area contributed by atoms with Gasteiger partial charge in [-0.1, -0.05) is 54.6 Å². The Morgan fingerprint density at radius 2 is 1.55 bits per heavy atom. The van der Waals surface area contributed by atoms with Gasteiger partial charge in [0, 0.05) is 16.8 Å². The number of para-hydroxylation sites is 2. The van der Waals surface area contributed by atoms with Crippen molar-refractivity contribution in [1.82, 2.24) is 9.97 Å². The van der Waals surface area contributed by atoms with Crippen molar-refractivity contribution >= 4 is 22.6 Å². The van der Waals surface area contributed by atoms with Crippen LogP contribution in [0, 0.1) is 0 Å². The fourth-order valence-electron chi connectivity index (χ4n) is 3.50. The minimum absolute atomic E-state index is 0.189. The SMILES string of the molecule is O=C(Nc1cccc(-c2cnc3ccccc3n2)c1)c1ccc(OCc2ccccc2)cc1. The van der Waals surface area contributed by atoms with Crippen LogP contribution in [0.1, 0.15) is 15.9 Å². The lowest BCUT2D eigenvalue weighted by atomic mass is 10.1. The summed E-state index contributed by atoms with van der Waals surface area (Å²) in [5, 5.41) is 2.95. The number of rotatable bonds is 6. The number of ether oxygens (including phenoxy) is 1. The minimum Gasteiger partial charge on any atom is -0.489 e. The van der Waals surface area contributed by atoms with Crippen LogP contribution in [-0.4, -0.2) is 15.9 Å². The third-order valence-electron chi connectivity index (χ3n) is 5.23. The summed E-state index contributed by atoms with van der Waals surface area (Å²) in [5.74, 6) is 0.527. The number of carbonyl (C=O) groups excluding carboxylic acids is 1. The van der Waals surface area contributed by atoms with Crippen LogP contribution in [0.15, 0.2) is 109 Å². The zero-order valence-electron chi connectivity index (χ0n) is 17.8. The second-order valence-corrected chi connectivity index (χ2v) is 7.58. The van der Waals surface area contributed by atoms with Crippen LogP contribution in [0.25, 0.3) is 22.3 Å². The highest BCUT2D eigenvalue weighted by molar-refractivity contribution is 6.04. The Morgan fingerprint density at radius 1 is 0.788 bits per heavy atom. The van der Waals surface area contributed by atoms with Gasteiger partial charge in [-0.05, 0) is 54.1 Å². The summed E-state index contributed by atoms with van der Waals surface area (Å²) in [6.07, 6.45) is 1.75. The van der Waals surface area contributed by atoms with Gasteiger partial charge in [0.25, 0.3) is 5.91 Å². The van der Waals surface area contributed by atoms with Gasteiger partial charge in [0.15, 0.2) is 0 Å². The molecule has 5 heteroatoms. The van der Waals surface area contributed by atoms with Crippen molar-refractivity contribution in [3.05, 3.63) is 120 Å². The van der Waals surface area contributed by atoms with E-state index in [-0.39, 0.29) is 5.91 Å². The van der Waals surface area contributed by atoms with Crippen molar-refractivity contribution < 1.29 is 9.53 Å². The number of fused-ring (bicyclic) bond motifs is 1. The summed E-state index contributed by atoms with van der Waals surface area (Å²) in [6, 6.07) is 32.4. The fraction of sp³-hybridized carbons (Fsp3) is 0.0357. The van der Waals surface area contributed by atoms with E-state index in [4.69, 9.17) is 4.74 Å². The van der Waals surface area contributed by atoms with Crippen LogP contribution in [-0.2, 0) is 6.61 Å². The molecule has 0 atom stereocenters. The Kier molecular flexibility index (Phi) is 5.76. The van der Waals surface area contributed by atoms with Crippen molar-refractivity contribution in [1.29, 1.82) is 0 Å². The maximum atomic E-state index is 12.7. The molecule has 1 aromatic heterocycles. The second kappa shape index (κ2) is 9.32. The predicted octanol–water partition coefficient (Wildman–Crippen LogP) is 6.13. The molecule has 1 heterocycles. The van der Waals surface area contributed by atoms with Gasteiger partial charge >= 0.3 is 0 Å². The molecule has 5 aromatic rings. The average molecular weight is 431 g/mol. The van der Waals surface area contributed by atoms with Gasteiger partial charge in [0.2, 0.25) is 0 Å². The van der Waals surface area contributed by atoms with E-state index in [9.17, 15) is 4.79 Å². The molecule has 5 rings (SSSR count). The molecule has 0 unspecified atom stereocenters. The molecule has 0 spiro atoms. The Labute approximate surface area is 191 Å². The summed E-state index contributed by atoms with van der Waals surface area (Å²) in [7, 11) is 0. The number of hydrogen-bond donors (Lipinski definition) is 1. The van der Waals surface area contributed by atoms with Crippen molar-refractivity contribution in [2.45, 2.75) is 6.61 Å². The van der Waals surface area contributed by atoms with Crippen molar-refractivity contribution in [2.75, 3.05) is 5.32 Å². The topological polar surface area (TPSA) is 64.1 Å². The Balaban J connectivity index is 1.26. The average Bonchev–Trinajstić information content (AvgIpc) is 2.88. The Bertz CT molecular complexity index is 1400. The first kappa shape index (κ1) is 20.4. The largest absolute Gasteiger partial charge is 0.489 e. The number of carbonyl (C=O) groups is 1. The minimum atomic E-state index is -0.189. The van der Waals surface area contributed by atoms with Crippen LogP contribution in [0.4, 0.5) is 5.69 Å². The first-order chi connectivity index (χ1) is 16.2. The second-order valence-electron chi connectivity index (χ2n) is 7.58. The molecule has 0 fully saturated rings. The standard InChI is InChI=1S/C28H21N3O2/c32-28(21-13-15-24(16-14-21)33-19-20-7-2-1-3-8-20)30-23-10-6-9-22(17-23)27-18-29-25-11-4-5-12-26(25)31-27/h1-18H,19H2,(H,30,32). The number of hydrogen-bond acceptors (Lipinski definition) is 4. The predicted molar refractivity (Wildman–Crippen MR) is 130 cm³/mol. The van der Waals surface area contributed by atoms with E-state index in [0.29, 0.717) is 23.6 Å². The summed E-state index contributed by atoms with van der Waals surface area (Å²) in [4.78, 5) is 21.9. The molecule has 1 N–H and O–H groups in total. The number of nitrogens with one attached hydrogen (secondary N) is 1. The molecule has 4 aromatic carbocycles. The highest BCUT2D eigenvalue weighted by Crippen LogP contribution is 2.23. The molecular formula is C28H21N3O2. The van der Waals surface area contributed by atoms with Crippen LogP contribution in [0.2, 0.25) is 0 Å². The van der Waals surface area contributed by atoms with Crippen LogP contribution >= 0.6 is 0 Å². The van der Waals surface area contributed by atoms with Gasteiger partial charge in [-0.25, -0.2) is 4.98 Å². The molecule has 0 bridgehead atoms. The molecule has 1 amide bonds. The molecule has 33 heavy (non-hydrogen) atoms. The van der Waals surface area contributed by atoms with E-state index >= 15 is 0 Å². The van der Waals surface area contributed by atoms with Gasteiger partial charge in [-0.2, -0.15) is 0 Å². The third-order valence-corrected chi connectivity index (χ3v) is 5.23. The molecule has 0 aliphatic carbocycles. The lowest BCUT2D eigenvalue weighted by Crippen LogP contribution is -2.11. The summed E-state index contributed by atoms with van der Waals surface area (Å²) in [6.45, 7) is 0.483. The molecule has 0 saturated carbocycles. The van der Waals surface area contributed by atoms with Gasteiger partial charge < -0.3 is 10.1 Å². The lowest BCUT2D eigenvalue weighted by Gasteiger charge is -2.09. The van der Waals surface area contributed by atoms with E-state index in [1.807, 2.05) is 78.9 Å². The molecule has 160 valence electrons. The number of benzene rings is 4. The number of nitrogens with zero attached hydrogens (tertiary/aromatic N) is 2. The number of aromatic nitrogens is 2. The first-order valence-corrected chi connectivity index (χ1v) is 10.6.